The Hall–Kier alpha value is -0.870. The lowest BCUT2D eigenvalue weighted by molar-refractivity contribution is -0.186. The fraction of sp³-hybridized carbons (Fsp3) is 0.750. The number of aliphatic hydroxyl groups excluding tert-OH is 1. The second-order valence-corrected chi connectivity index (χ2v) is 4.58. The number of ether oxygens (including phenoxy) is 2. The van der Waals surface area contributed by atoms with Crippen LogP contribution in [0.25, 0.3) is 0 Å². The summed E-state index contributed by atoms with van der Waals surface area (Å²) in [6, 6.07) is 0. The van der Waals surface area contributed by atoms with Gasteiger partial charge in [-0.05, 0) is 12.8 Å². The van der Waals surface area contributed by atoms with Gasteiger partial charge in [0.2, 0.25) is 0 Å². The van der Waals surface area contributed by atoms with Gasteiger partial charge in [-0.1, -0.05) is 6.08 Å². The zero-order chi connectivity index (χ0) is 11.5. The molecule has 4 heteroatoms. The van der Waals surface area contributed by atoms with Crippen LogP contribution >= 0.6 is 0 Å². The third-order valence-electron chi connectivity index (χ3n) is 3.10. The number of esters is 1. The van der Waals surface area contributed by atoms with E-state index in [4.69, 9.17) is 9.47 Å². The Morgan fingerprint density at radius 3 is 3.00 bits per heavy atom. The van der Waals surface area contributed by atoms with Gasteiger partial charge in [0.1, 0.15) is 6.10 Å². The highest BCUT2D eigenvalue weighted by Gasteiger charge is 2.37. The summed E-state index contributed by atoms with van der Waals surface area (Å²) in [4.78, 5) is 11.1. The topological polar surface area (TPSA) is 55.8 Å². The van der Waals surface area contributed by atoms with Crippen LogP contribution < -0.4 is 0 Å². The van der Waals surface area contributed by atoms with E-state index in [-0.39, 0.29) is 24.3 Å². The number of carbonyl (C=O) groups excluding carboxylic acids is 1. The van der Waals surface area contributed by atoms with Gasteiger partial charge < -0.3 is 14.6 Å². The van der Waals surface area contributed by atoms with Gasteiger partial charge in [-0.25, -0.2) is 0 Å². The molecule has 1 N–H and O–H groups in total. The lowest BCUT2D eigenvalue weighted by Gasteiger charge is -2.39. The lowest BCUT2D eigenvalue weighted by Crippen LogP contribution is -2.44. The van der Waals surface area contributed by atoms with E-state index < -0.39 is 6.10 Å². The number of hydrogen-bond acceptors (Lipinski definition) is 4. The van der Waals surface area contributed by atoms with Gasteiger partial charge in [0.25, 0.3) is 0 Å². The number of carbonyl (C=O) groups is 1. The number of aliphatic hydroxyl groups is 1. The summed E-state index contributed by atoms with van der Waals surface area (Å²) >= 11 is 0. The third-order valence-corrected chi connectivity index (χ3v) is 3.10. The first kappa shape index (κ1) is 11.6. The van der Waals surface area contributed by atoms with E-state index in [0.29, 0.717) is 25.7 Å². The molecule has 90 valence electrons. The summed E-state index contributed by atoms with van der Waals surface area (Å²) in [6.45, 7) is 3.59. The molecule has 0 saturated carbocycles. The van der Waals surface area contributed by atoms with Gasteiger partial charge in [0.05, 0.1) is 24.7 Å². The summed E-state index contributed by atoms with van der Waals surface area (Å²) in [5, 5.41) is 9.66. The molecule has 0 spiro atoms. The van der Waals surface area contributed by atoms with Gasteiger partial charge in [-0.3, -0.25) is 4.79 Å². The second kappa shape index (κ2) is 4.97. The van der Waals surface area contributed by atoms with Crippen molar-refractivity contribution >= 4 is 5.97 Å². The molecule has 2 fully saturated rings. The minimum absolute atomic E-state index is 0.00630. The quantitative estimate of drug-likeness (QED) is 0.577. The van der Waals surface area contributed by atoms with Crippen LogP contribution in [0.15, 0.2) is 12.7 Å². The predicted octanol–water partition coefficient (Wildman–Crippen LogP) is 1.18. The van der Waals surface area contributed by atoms with Crippen molar-refractivity contribution in [3.8, 4) is 0 Å². The first-order valence-electron chi connectivity index (χ1n) is 5.81. The molecule has 0 unspecified atom stereocenters. The van der Waals surface area contributed by atoms with E-state index in [2.05, 4.69) is 6.58 Å². The van der Waals surface area contributed by atoms with Crippen molar-refractivity contribution in [2.75, 3.05) is 0 Å². The molecular formula is C12H18O4. The average Bonchev–Trinajstić information content (AvgIpc) is 2.15. The summed E-state index contributed by atoms with van der Waals surface area (Å²) < 4.78 is 11.0. The Morgan fingerprint density at radius 1 is 1.50 bits per heavy atom. The molecule has 0 aliphatic carbocycles. The van der Waals surface area contributed by atoms with Gasteiger partial charge in [0, 0.05) is 12.8 Å². The largest absolute Gasteiger partial charge is 0.462 e. The Labute approximate surface area is 95.2 Å². The number of rotatable bonds is 4. The molecule has 4 nitrogen and oxygen atoms in total. The zero-order valence-electron chi connectivity index (χ0n) is 9.30. The van der Waals surface area contributed by atoms with Crippen LogP contribution in [0.4, 0.5) is 0 Å². The van der Waals surface area contributed by atoms with E-state index in [1.165, 1.54) is 0 Å². The molecule has 2 bridgehead atoms. The lowest BCUT2D eigenvalue weighted by atomic mass is 9.93. The molecule has 0 aromatic heterocycles. The van der Waals surface area contributed by atoms with E-state index >= 15 is 0 Å². The predicted molar refractivity (Wildman–Crippen MR) is 57.8 cm³/mol. The Kier molecular flexibility index (Phi) is 3.61. The van der Waals surface area contributed by atoms with Crippen molar-refractivity contribution < 1.29 is 19.4 Å². The molecule has 2 rings (SSSR count). The molecule has 0 aromatic carbocycles. The maximum absolute atomic E-state index is 11.1. The fourth-order valence-electron chi connectivity index (χ4n) is 2.46. The van der Waals surface area contributed by atoms with Crippen LogP contribution in [0.1, 0.15) is 32.1 Å². The molecule has 2 aliphatic heterocycles. The highest BCUT2D eigenvalue weighted by Crippen LogP contribution is 2.31. The van der Waals surface area contributed by atoms with E-state index in [9.17, 15) is 9.90 Å². The second-order valence-electron chi connectivity index (χ2n) is 4.58. The third kappa shape index (κ3) is 2.83. The minimum Gasteiger partial charge on any atom is -0.462 e. The van der Waals surface area contributed by atoms with Crippen molar-refractivity contribution in [2.45, 2.75) is 56.5 Å². The normalized spacial score (nSPS) is 35.3. The van der Waals surface area contributed by atoms with Gasteiger partial charge in [-0.15, -0.1) is 6.58 Å². The zero-order valence-corrected chi connectivity index (χ0v) is 9.30. The molecule has 0 aromatic rings. The Morgan fingerprint density at radius 2 is 2.31 bits per heavy atom. The van der Waals surface area contributed by atoms with Crippen LogP contribution in [0.3, 0.4) is 0 Å². The van der Waals surface area contributed by atoms with Crippen molar-refractivity contribution in [2.24, 2.45) is 0 Å². The Bertz CT molecular complexity index is 257. The summed E-state index contributed by atoms with van der Waals surface area (Å²) in [6.07, 6.45) is 4.31. The summed E-state index contributed by atoms with van der Waals surface area (Å²) in [5.41, 5.74) is 0. The van der Waals surface area contributed by atoms with Crippen LogP contribution in [0, 0.1) is 0 Å². The SMILES string of the molecule is C=CC[C@H](O)C[C@H]1C[C@H]2C[C@H](CC(=O)O2)O1. The number of fused-ring (bicyclic) bond motifs is 2. The molecule has 2 heterocycles. The minimum atomic E-state index is -0.406. The average molecular weight is 226 g/mol. The Balaban J connectivity index is 1.85. The van der Waals surface area contributed by atoms with E-state index in [1.54, 1.807) is 6.08 Å². The highest BCUT2D eigenvalue weighted by atomic mass is 16.6. The van der Waals surface area contributed by atoms with Crippen LogP contribution in [0.5, 0.6) is 0 Å². The van der Waals surface area contributed by atoms with E-state index in [1.807, 2.05) is 0 Å². The summed E-state index contributed by atoms with van der Waals surface area (Å²) in [5.74, 6) is -0.161. The fourth-order valence-corrected chi connectivity index (χ4v) is 2.46. The van der Waals surface area contributed by atoms with Crippen molar-refractivity contribution in [1.82, 2.24) is 0 Å². The van der Waals surface area contributed by atoms with Gasteiger partial charge >= 0.3 is 5.97 Å². The molecule has 0 amide bonds. The van der Waals surface area contributed by atoms with Crippen LogP contribution in [-0.2, 0) is 14.3 Å². The molecule has 0 radical (unpaired) electrons. The maximum atomic E-state index is 11.1. The van der Waals surface area contributed by atoms with Crippen molar-refractivity contribution in [3.05, 3.63) is 12.7 Å². The van der Waals surface area contributed by atoms with Crippen LogP contribution in [0.2, 0.25) is 0 Å². The van der Waals surface area contributed by atoms with Gasteiger partial charge in [0.15, 0.2) is 0 Å². The first-order valence-corrected chi connectivity index (χ1v) is 5.81. The molecule has 2 saturated heterocycles. The summed E-state index contributed by atoms with van der Waals surface area (Å²) in [7, 11) is 0. The first-order chi connectivity index (χ1) is 7.67. The van der Waals surface area contributed by atoms with Crippen molar-refractivity contribution in [1.29, 1.82) is 0 Å². The molecule has 2 aliphatic rings. The molecule has 16 heavy (non-hydrogen) atoms. The van der Waals surface area contributed by atoms with E-state index in [0.717, 1.165) is 6.42 Å². The van der Waals surface area contributed by atoms with Gasteiger partial charge in [-0.2, -0.15) is 0 Å². The van der Waals surface area contributed by atoms with Crippen molar-refractivity contribution in [3.63, 3.8) is 0 Å². The standard InChI is InChI=1S/C12H18O4/c1-2-3-8(13)4-9-5-10-6-11(15-9)7-12(14)16-10/h2,8-11,13H,1,3-7H2/t8-,9-,10-,11+/m0/s1. The monoisotopic (exact) mass is 226 g/mol. The molecule has 4 atom stereocenters. The highest BCUT2D eigenvalue weighted by molar-refractivity contribution is 5.71. The number of hydrogen-bond donors (Lipinski definition) is 1. The molecular weight excluding hydrogens is 208 g/mol. The smallest absolute Gasteiger partial charge is 0.308 e. The maximum Gasteiger partial charge on any atom is 0.308 e. The van der Waals surface area contributed by atoms with Crippen LogP contribution in [-0.4, -0.2) is 35.5 Å².